The first-order chi connectivity index (χ1) is 9.43. The number of carbonyl (C=O) groups excluding carboxylic acids is 1. The molecule has 0 radical (unpaired) electrons. The van der Waals surface area contributed by atoms with E-state index >= 15 is 0 Å². The highest BCUT2D eigenvalue weighted by atomic mass is 16.6. The molecule has 0 bridgehead atoms. The predicted octanol–water partition coefficient (Wildman–Crippen LogP) is 1.04. The Bertz CT molecular complexity index is 585. The van der Waals surface area contributed by atoms with Gasteiger partial charge in [0.25, 0.3) is 0 Å². The number of nitrogens with zero attached hydrogens (tertiary/aromatic N) is 2. The maximum absolute atomic E-state index is 11.8. The molecular formula is C12H12N2O6. The number of anilines is 1. The Morgan fingerprint density at radius 2 is 2.25 bits per heavy atom. The zero-order valence-electron chi connectivity index (χ0n) is 10.6. The van der Waals surface area contributed by atoms with Crippen LogP contribution in [0.4, 0.5) is 11.4 Å². The van der Waals surface area contributed by atoms with Gasteiger partial charge in [-0.1, -0.05) is 0 Å². The fourth-order valence-electron chi connectivity index (χ4n) is 2.11. The van der Waals surface area contributed by atoms with Gasteiger partial charge >= 0.3 is 11.7 Å². The molecule has 0 spiro atoms. The quantitative estimate of drug-likeness (QED) is 0.651. The number of nitro benzene ring substituents is 1. The molecule has 1 heterocycles. The molecule has 1 aliphatic heterocycles. The van der Waals surface area contributed by atoms with Crippen molar-refractivity contribution in [3.8, 4) is 5.75 Å². The lowest BCUT2D eigenvalue weighted by Crippen LogP contribution is -2.25. The van der Waals surface area contributed by atoms with Crippen LogP contribution in [0, 0.1) is 16.0 Å². The fourth-order valence-corrected chi connectivity index (χ4v) is 2.11. The number of carboxylic acid groups (broad SMARTS) is 1. The molecule has 1 aromatic carbocycles. The first-order valence-electron chi connectivity index (χ1n) is 5.79. The van der Waals surface area contributed by atoms with Gasteiger partial charge in [0.15, 0.2) is 5.75 Å². The lowest BCUT2D eigenvalue weighted by Gasteiger charge is -2.16. The molecule has 1 amide bonds. The maximum Gasteiger partial charge on any atom is 0.312 e. The Kier molecular flexibility index (Phi) is 3.55. The summed E-state index contributed by atoms with van der Waals surface area (Å²) in [7, 11) is 1.31. The van der Waals surface area contributed by atoms with E-state index in [0.29, 0.717) is 5.69 Å². The van der Waals surface area contributed by atoms with Crippen molar-refractivity contribution in [2.45, 2.75) is 6.42 Å². The normalized spacial score (nSPS) is 18.1. The average Bonchev–Trinajstić information content (AvgIpc) is 2.80. The molecule has 8 nitrogen and oxygen atoms in total. The molecule has 0 saturated carbocycles. The third-order valence-electron chi connectivity index (χ3n) is 3.15. The number of amides is 1. The van der Waals surface area contributed by atoms with Crippen LogP contribution in [-0.2, 0) is 9.59 Å². The van der Waals surface area contributed by atoms with Crippen LogP contribution in [0.25, 0.3) is 0 Å². The molecule has 20 heavy (non-hydrogen) atoms. The number of methoxy groups -OCH3 is 1. The number of hydrogen-bond acceptors (Lipinski definition) is 5. The standard InChI is InChI=1S/C12H12N2O6/c1-20-10-3-2-8(5-9(10)14(18)19)13-6-7(12(16)17)4-11(13)15/h2-3,5,7H,4,6H2,1H3,(H,16,17)/t7-/m0/s1. The zero-order valence-corrected chi connectivity index (χ0v) is 10.6. The highest BCUT2D eigenvalue weighted by molar-refractivity contribution is 5.99. The van der Waals surface area contributed by atoms with Crippen LogP contribution in [0.2, 0.25) is 0 Å². The fraction of sp³-hybridized carbons (Fsp3) is 0.333. The van der Waals surface area contributed by atoms with Crippen molar-refractivity contribution in [3.63, 3.8) is 0 Å². The van der Waals surface area contributed by atoms with Gasteiger partial charge in [-0.25, -0.2) is 0 Å². The Labute approximate surface area is 113 Å². The topological polar surface area (TPSA) is 110 Å². The molecule has 2 rings (SSSR count). The van der Waals surface area contributed by atoms with Gasteiger partial charge in [0.1, 0.15) is 0 Å². The van der Waals surface area contributed by atoms with Gasteiger partial charge in [0, 0.05) is 19.0 Å². The van der Waals surface area contributed by atoms with Gasteiger partial charge in [-0.05, 0) is 12.1 Å². The molecule has 0 aliphatic carbocycles. The smallest absolute Gasteiger partial charge is 0.312 e. The minimum absolute atomic E-state index is 0.0116. The van der Waals surface area contributed by atoms with Gasteiger partial charge in [0.05, 0.1) is 23.6 Å². The van der Waals surface area contributed by atoms with Crippen molar-refractivity contribution < 1.29 is 24.4 Å². The summed E-state index contributed by atoms with van der Waals surface area (Å²) in [6.07, 6.45) is -0.102. The van der Waals surface area contributed by atoms with Crippen LogP contribution in [-0.4, -0.2) is 35.6 Å². The van der Waals surface area contributed by atoms with Crippen LogP contribution >= 0.6 is 0 Å². The van der Waals surface area contributed by atoms with E-state index in [9.17, 15) is 19.7 Å². The maximum atomic E-state index is 11.8. The van der Waals surface area contributed by atoms with Crippen LogP contribution < -0.4 is 9.64 Å². The van der Waals surface area contributed by atoms with Crippen molar-refractivity contribution in [2.75, 3.05) is 18.6 Å². The number of carbonyl (C=O) groups is 2. The van der Waals surface area contributed by atoms with E-state index in [1.54, 1.807) is 0 Å². The van der Waals surface area contributed by atoms with Crippen LogP contribution in [0.3, 0.4) is 0 Å². The summed E-state index contributed by atoms with van der Waals surface area (Å²) in [5, 5.41) is 19.8. The van der Waals surface area contributed by atoms with E-state index in [4.69, 9.17) is 9.84 Å². The van der Waals surface area contributed by atoms with E-state index in [1.807, 2.05) is 0 Å². The minimum Gasteiger partial charge on any atom is -0.490 e. The minimum atomic E-state index is -1.05. The lowest BCUT2D eigenvalue weighted by molar-refractivity contribution is -0.385. The van der Waals surface area contributed by atoms with Crippen molar-refractivity contribution in [1.29, 1.82) is 0 Å². The first kappa shape index (κ1) is 13.8. The van der Waals surface area contributed by atoms with Crippen molar-refractivity contribution >= 4 is 23.3 Å². The summed E-state index contributed by atoms with van der Waals surface area (Å²) < 4.78 is 4.87. The van der Waals surface area contributed by atoms with Gasteiger partial charge in [-0.3, -0.25) is 19.7 Å². The molecule has 1 N–H and O–H groups in total. The molecule has 1 fully saturated rings. The summed E-state index contributed by atoms with van der Waals surface area (Å²) in [5.74, 6) is -2.12. The Hall–Kier alpha value is -2.64. The molecule has 106 valence electrons. The monoisotopic (exact) mass is 280 g/mol. The van der Waals surface area contributed by atoms with Crippen molar-refractivity contribution in [3.05, 3.63) is 28.3 Å². The Morgan fingerprint density at radius 1 is 1.55 bits per heavy atom. The summed E-state index contributed by atoms with van der Waals surface area (Å²) in [4.78, 5) is 34.2. The number of rotatable bonds is 4. The highest BCUT2D eigenvalue weighted by Gasteiger charge is 2.35. The van der Waals surface area contributed by atoms with Crippen LogP contribution in [0.5, 0.6) is 5.75 Å². The number of hydrogen-bond donors (Lipinski definition) is 1. The lowest BCUT2D eigenvalue weighted by atomic mass is 10.1. The molecule has 0 aromatic heterocycles. The molecular weight excluding hydrogens is 268 g/mol. The second-order valence-corrected chi connectivity index (χ2v) is 4.36. The molecule has 8 heteroatoms. The van der Waals surface area contributed by atoms with E-state index in [2.05, 4.69) is 0 Å². The van der Waals surface area contributed by atoms with Crippen molar-refractivity contribution in [2.24, 2.45) is 5.92 Å². The number of aliphatic carboxylic acids is 1. The van der Waals surface area contributed by atoms with Gasteiger partial charge in [-0.15, -0.1) is 0 Å². The molecule has 1 saturated heterocycles. The third-order valence-corrected chi connectivity index (χ3v) is 3.15. The number of benzene rings is 1. The molecule has 1 atom stereocenters. The van der Waals surface area contributed by atoms with Crippen LogP contribution in [0.15, 0.2) is 18.2 Å². The molecule has 1 aromatic rings. The summed E-state index contributed by atoms with van der Waals surface area (Å²) in [6, 6.07) is 4.09. The summed E-state index contributed by atoms with van der Waals surface area (Å²) >= 11 is 0. The van der Waals surface area contributed by atoms with E-state index in [-0.39, 0.29) is 30.3 Å². The summed E-state index contributed by atoms with van der Waals surface area (Å²) in [6.45, 7) is 0.0116. The van der Waals surface area contributed by atoms with Gasteiger partial charge < -0.3 is 14.7 Å². The molecule has 0 unspecified atom stereocenters. The Balaban J connectivity index is 2.34. The predicted molar refractivity (Wildman–Crippen MR) is 67.7 cm³/mol. The number of ether oxygens (including phenoxy) is 1. The zero-order chi connectivity index (χ0) is 14.9. The third kappa shape index (κ3) is 2.40. The first-order valence-corrected chi connectivity index (χ1v) is 5.79. The second kappa shape index (κ2) is 5.16. The SMILES string of the molecule is COc1ccc(N2C[C@@H](C(=O)O)CC2=O)cc1[N+](=O)[O-]. The van der Waals surface area contributed by atoms with Crippen molar-refractivity contribution in [1.82, 2.24) is 0 Å². The number of carboxylic acids is 1. The van der Waals surface area contributed by atoms with Gasteiger partial charge in [0.2, 0.25) is 5.91 Å². The van der Waals surface area contributed by atoms with Gasteiger partial charge in [-0.2, -0.15) is 0 Å². The van der Waals surface area contributed by atoms with E-state index in [1.165, 1.54) is 30.2 Å². The molecule has 1 aliphatic rings. The number of nitro groups is 1. The largest absolute Gasteiger partial charge is 0.490 e. The second-order valence-electron chi connectivity index (χ2n) is 4.36. The van der Waals surface area contributed by atoms with E-state index < -0.39 is 16.8 Å². The Morgan fingerprint density at radius 3 is 2.75 bits per heavy atom. The highest BCUT2D eigenvalue weighted by Crippen LogP contribution is 2.33. The average molecular weight is 280 g/mol. The van der Waals surface area contributed by atoms with E-state index in [0.717, 1.165) is 0 Å². The summed E-state index contributed by atoms with van der Waals surface area (Å²) in [5.41, 5.74) is 0.0304. The van der Waals surface area contributed by atoms with Crippen LogP contribution in [0.1, 0.15) is 6.42 Å².